The Balaban J connectivity index is 2.35. The zero-order valence-corrected chi connectivity index (χ0v) is 12.6. The molecule has 4 heteroatoms. The SMILES string of the molecule is CCCNC(CCN1CCCCCC1)C(=O)OCC. The van der Waals surface area contributed by atoms with Gasteiger partial charge in [0.25, 0.3) is 0 Å². The van der Waals surface area contributed by atoms with Gasteiger partial charge in [0.05, 0.1) is 6.61 Å². The molecule has 1 N–H and O–H groups in total. The van der Waals surface area contributed by atoms with E-state index in [1.807, 2.05) is 6.92 Å². The summed E-state index contributed by atoms with van der Waals surface area (Å²) in [6, 6.07) is -0.136. The maximum atomic E-state index is 11.9. The summed E-state index contributed by atoms with van der Waals surface area (Å²) in [6.07, 6.45) is 7.20. The number of likely N-dealkylation sites (tertiary alicyclic amines) is 1. The lowest BCUT2D eigenvalue weighted by atomic mass is 10.2. The molecule has 0 aliphatic carbocycles. The number of ether oxygens (including phenoxy) is 1. The van der Waals surface area contributed by atoms with Crippen molar-refractivity contribution in [2.45, 2.75) is 58.4 Å². The maximum absolute atomic E-state index is 11.9. The molecular formula is C15H30N2O2. The quantitative estimate of drug-likeness (QED) is 0.687. The minimum atomic E-state index is -0.136. The van der Waals surface area contributed by atoms with Crippen molar-refractivity contribution < 1.29 is 9.53 Å². The van der Waals surface area contributed by atoms with Gasteiger partial charge in [-0.05, 0) is 52.2 Å². The highest BCUT2D eigenvalue weighted by Crippen LogP contribution is 2.10. The standard InChI is InChI=1S/C15H30N2O2/c1-3-10-16-14(15(18)19-4-2)9-13-17-11-7-5-6-8-12-17/h14,16H,3-13H2,1-2H3. The van der Waals surface area contributed by atoms with Gasteiger partial charge in [0, 0.05) is 6.54 Å². The molecule has 112 valence electrons. The summed E-state index contributed by atoms with van der Waals surface area (Å²) in [6.45, 7) is 8.69. The van der Waals surface area contributed by atoms with Crippen LogP contribution < -0.4 is 5.32 Å². The molecule has 1 rings (SSSR count). The van der Waals surface area contributed by atoms with Crippen molar-refractivity contribution in [1.82, 2.24) is 10.2 Å². The summed E-state index contributed by atoms with van der Waals surface area (Å²) in [5, 5.41) is 3.31. The number of carbonyl (C=O) groups is 1. The van der Waals surface area contributed by atoms with E-state index < -0.39 is 0 Å². The van der Waals surface area contributed by atoms with Crippen molar-refractivity contribution in [1.29, 1.82) is 0 Å². The van der Waals surface area contributed by atoms with Crippen LogP contribution in [-0.2, 0) is 9.53 Å². The molecule has 1 aliphatic heterocycles. The van der Waals surface area contributed by atoms with E-state index in [1.54, 1.807) is 0 Å². The molecule has 0 spiro atoms. The first kappa shape index (κ1) is 16.4. The van der Waals surface area contributed by atoms with Crippen molar-refractivity contribution in [2.75, 3.05) is 32.8 Å². The summed E-state index contributed by atoms with van der Waals surface area (Å²) < 4.78 is 5.15. The fourth-order valence-corrected chi connectivity index (χ4v) is 2.54. The van der Waals surface area contributed by atoms with E-state index in [4.69, 9.17) is 4.74 Å². The van der Waals surface area contributed by atoms with Gasteiger partial charge in [-0.15, -0.1) is 0 Å². The van der Waals surface area contributed by atoms with Crippen LogP contribution in [0.3, 0.4) is 0 Å². The number of hydrogen-bond acceptors (Lipinski definition) is 4. The van der Waals surface area contributed by atoms with Crippen LogP contribution in [0.25, 0.3) is 0 Å². The number of nitrogens with one attached hydrogen (secondary N) is 1. The number of nitrogens with zero attached hydrogens (tertiary/aromatic N) is 1. The Labute approximate surface area is 117 Å². The van der Waals surface area contributed by atoms with E-state index in [1.165, 1.54) is 38.8 Å². The topological polar surface area (TPSA) is 41.6 Å². The van der Waals surface area contributed by atoms with Gasteiger partial charge in [-0.3, -0.25) is 4.79 Å². The normalized spacial score (nSPS) is 18.8. The molecule has 1 saturated heterocycles. The molecule has 4 nitrogen and oxygen atoms in total. The first-order valence-corrected chi connectivity index (χ1v) is 7.90. The van der Waals surface area contributed by atoms with E-state index in [-0.39, 0.29) is 12.0 Å². The third-order valence-corrected chi connectivity index (χ3v) is 3.64. The van der Waals surface area contributed by atoms with Crippen LogP contribution in [0.4, 0.5) is 0 Å². The van der Waals surface area contributed by atoms with Crippen LogP contribution in [0.5, 0.6) is 0 Å². The maximum Gasteiger partial charge on any atom is 0.323 e. The summed E-state index contributed by atoms with van der Waals surface area (Å²) >= 11 is 0. The predicted molar refractivity (Wildman–Crippen MR) is 78.2 cm³/mol. The molecule has 1 heterocycles. The molecule has 1 unspecified atom stereocenters. The molecule has 0 aromatic heterocycles. The molecule has 0 saturated carbocycles. The van der Waals surface area contributed by atoms with Crippen LogP contribution in [0, 0.1) is 0 Å². The van der Waals surface area contributed by atoms with Crippen molar-refractivity contribution in [2.24, 2.45) is 0 Å². The minimum Gasteiger partial charge on any atom is -0.465 e. The predicted octanol–water partition coefficient (Wildman–Crippen LogP) is 2.18. The summed E-state index contributed by atoms with van der Waals surface area (Å²) in [7, 11) is 0. The van der Waals surface area contributed by atoms with E-state index in [0.29, 0.717) is 6.61 Å². The monoisotopic (exact) mass is 270 g/mol. The lowest BCUT2D eigenvalue weighted by molar-refractivity contribution is -0.145. The summed E-state index contributed by atoms with van der Waals surface area (Å²) in [5.74, 6) is -0.0919. The van der Waals surface area contributed by atoms with Crippen molar-refractivity contribution >= 4 is 5.97 Å². The van der Waals surface area contributed by atoms with E-state index >= 15 is 0 Å². The number of esters is 1. The lowest BCUT2D eigenvalue weighted by Crippen LogP contribution is -2.41. The van der Waals surface area contributed by atoms with Crippen molar-refractivity contribution in [3.05, 3.63) is 0 Å². The van der Waals surface area contributed by atoms with Gasteiger partial charge in [-0.2, -0.15) is 0 Å². The Hall–Kier alpha value is -0.610. The largest absolute Gasteiger partial charge is 0.465 e. The summed E-state index contributed by atoms with van der Waals surface area (Å²) in [5.41, 5.74) is 0. The van der Waals surface area contributed by atoms with Gasteiger partial charge in [0.1, 0.15) is 6.04 Å². The second-order valence-corrected chi connectivity index (χ2v) is 5.30. The Morgan fingerprint density at radius 1 is 1.21 bits per heavy atom. The first-order valence-electron chi connectivity index (χ1n) is 7.90. The van der Waals surface area contributed by atoms with Crippen LogP contribution in [0.1, 0.15) is 52.4 Å². The third-order valence-electron chi connectivity index (χ3n) is 3.64. The van der Waals surface area contributed by atoms with Crippen molar-refractivity contribution in [3.63, 3.8) is 0 Å². The van der Waals surface area contributed by atoms with Crippen LogP contribution >= 0.6 is 0 Å². The molecule has 0 amide bonds. The highest BCUT2D eigenvalue weighted by Gasteiger charge is 2.20. The molecule has 0 aromatic carbocycles. The van der Waals surface area contributed by atoms with Gasteiger partial charge in [0.15, 0.2) is 0 Å². The number of rotatable bonds is 8. The van der Waals surface area contributed by atoms with Gasteiger partial charge in [-0.1, -0.05) is 19.8 Å². The molecule has 1 fully saturated rings. The fourth-order valence-electron chi connectivity index (χ4n) is 2.54. The van der Waals surface area contributed by atoms with Crippen LogP contribution in [0.2, 0.25) is 0 Å². The van der Waals surface area contributed by atoms with Gasteiger partial charge < -0.3 is 15.0 Å². The Morgan fingerprint density at radius 3 is 2.47 bits per heavy atom. The van der Waals surface area contributed by atoms with Crippen molar-refractivity contribution in [3.8, 4) is 0 Å². The van der Waals surface area contributed by atoms with E-state index in [0.717, 1.165) is 25.9 Å². The molecule has 0 aromatic rings. The summed E-state index contributed by atoms with van der Waals surface area (Å²) in [4.78, 5) is 14.4. The average Bonchev–Trinajstić information content (AvgIpc) is 2.67. The molecule has 1 aliphatic rings. The third kappa shape index (κ3) is 6.92. The van der Waals surface area contributed by atoms with Gasteiger partial charge >= 0.3 is 5.97 Å². The fraction of sp³-hybridized carbons (Fsp3) is 0.933. The average molecular weight is 270 g/mol. The zero-order chi connectivity index (χ0) is 13.9. The molecular weight excluding hydrogens is 240 g/mol. The van der Waals surface area contributed by atoms with Crippen LogP contribution in [-0.4, -0.2) is 49.7 Å². The Bertz CT molecular complexity index is 238. The Morgan fingerprint density at radius 2 is 1.89 bits per heavy atom. The van der Waals surface area contributed by atoms with E-state index in [9.17, 15) is 4.79 Å². The minimum absolute atomic E-state index is 0.0919. The molecule has 19 heavy (non-hydrogen) atoms. The molecule has 1 atom stereocenters. The van der Waals surface area contributed by atoms with Gasteiger partial charge in [0.2, 0.25) is 0 Å². The lowest BCUT2D eigenvalue weighted by Gasteiger charge is -2.23. The van der Waals surface area contributed by atoms with Gasteiger partial charge in [-0.25, -0.2) is 0 Å². The number of hydrogen-bond donors (Lipinski definition) is 1. The Kier molecular flexibility index (Phi) is 8.84. The second kappa shape index (κ2) is 10.2. The smallest absolute Gasteiger partial charge is 0.323 e. The highest BCUT2D eigenvalue weighted by atomic mass is 16.5. The molecule has 0 radical (unpaired) electrons. The number of carbonyl (C=O) groups excluding carboxylic acids is 1. The first-order chi connectivity index (χ1) is 9.27. The van der Waals surface area contributed by atoms with E-state index in [2.05, 4.69) is 17.1 Å². The highest BCUT2D eigenvalue weighted by molar-refractivity contribution is 5.75. The van der Waals surface area contributed by atoms with Crippen LogP contribution in [0.15, 0.2) is 0 Å². The second-order valence-electron chi connectivity index (χ2n) is 5.30. The zero-order valence-electron chi connectivity index (χ0n) is 12.6. The molecule has 0 bridgehead atoms.